The standard InChI is InChI=1S/C28H26Cl2F3N3O4S/c1-2-12-34-41(38,20-7-5-19(6-8-20)40-28(31,32)33)35-23-11-13-39-16-26(27(23)37)36-24-9-3-17(29)14-21(24)22-15-18(30)4-10-25(22)36/h3-11,14-15,26-27,37H,2,12-13,16H2,1H3,(H,34,35,38)/t26-,27-,41?/m0/s1. The van der Waals surface area contributed by atoms with Crippen molar-refractivity contribution in [3.05, 3.63) is 82.5 Å². The van der Waals surface area contributed by atoms with Gasteiger partial charge in [0.15, 0.2) is 9.92 Å². The van der Waals surface area contributed by atoms with Gasteiger partial charge in [0.1, 0.15) is 11.9 Å². The monoisotopic (exact) mass is 627 g/mol. The van der Waals surface area contributed by atoms with E-state index in [9.17, 15) is 22.5 Å². The van der Waals surface area contributed by atoms with Crippen molar-refractivity contribution in [1.82, 2.24) is 9.29 Å². The molecule has 3 atom stereocenters. The van der Waals surface area contributed by atoms with E-state index in [0.717, 1.165) is 33.9 Å². The summed E-state index contributed by atoms with van der Waals surface area (Å²) in [7, 11) is -3.42. The largest absolute Gasteiger partial charge is 0.573 e. The predicted molar refractivity (Wildman–Crippen MR) is 154 cm³/mol. The molecule has 0 spiro atoms. The molecular weight excluding hydrogens is 602 g/mol. The Morgan fingerprint density at radius 2 is 1.68 bits per heavy atom. The van der Waals surface area contributed by atoms with E-state index in [-0.39, 0.29) is 30.4 Å². The average molecular weight is 629 g/mol. The van der Waals surface area contributed by atoms with Gasteiger partial charge in [0.25, 0.3) is 0 Å². The van der Waals surface area contributed by atoms with Crippen LogP contribution in [0.4, 0.5) is 13.2 Å². The van der Waals surface area contributed by atoms with Gasteiger partial charge in [-0.1, -0.05) is 30.1 Å². The van der Waals surface area contributed by atoms with E-state index >= 15 is 0 Å². The molecule has 2 heterocycles. The molecule has 0 aliphatic carbocycles. The SMILES string of the molecule is CCCN=S(=O)(NC1=CCOC[C@H](n2c3ccc(Cl)cc3c3cc(Cl)ccc32)[C@H]1O)c1ccc(OC(F)(F)F)cc1. The summed E-state index contributed by atoms with van der Waals surface area (Å²) in [6.07, 6.45) is -3.91. The molecule has 1 aromatic heterocycles. The van der Waals surface area contributed by atoms with Gasteiger partial charge >= 0.3 is 6.36 Å². The summed E-state index contributed by atoms with van der Waals surface area (Å²) in [5.74, 6) is -0.452. The molecule has 4 aromatic rings. The third-order valence-corrected chi connectivity index (χ3v) is 9.02. The maximum absolute atomic E-state index is 14.2. The number of fused-ring (bicyclic) bond motifs is 3. The Kier molecular flexibility index (Phi) is 8.45. The van der Waals surface area contributed by atoms with E-state index in [1.807, 2.05) is 35.8 Å². The van der Waals surface area contributed by atoms with Crippen LogP contribution >= 0.6 is 23.2 Å². The van der Waals surface area contributed by atoms with E-state index in [0.29, 0.717) is 16.5 Å². The number of ether oxygens (including phenoxy) is 2. The van der Waals surface area contributed by atoms with Crippen molar-refractivity contribution in [1.29, 1.82) is 0 Å². The minimum absolute atomic E-state index is 0.117. The summed E-state index contributed by atoms with van der Waals surface area (Å²) in [5, 5.41) is 14.5. The highest BCUT2D eigenvalue weighted by Crippen LogP contribution is 2.37. The molecule has 1 aliphatic heterocycles. The van der Waals surface area contributed by atoms with Gasteiger partial charge in [-0.3, -0.25) is 4.72 Å². The first kappa shape index (κ1) is 29.5. The Balaban J connectivity index is 1.54. The number of halogens is 5. The smallest absolute Gasteiger partial charge is 0.406 e. The first-order chi connectivity index (χ1) is 19.5. The van der Waals surface area contributed by atoms with Crippen molar-refractivity contribution in [3.8, 4) is 5.75 Å². The Hall–Kier alpha value is -2.96. The number of nitrogens with zero attached hydrogens (tertiary/aromatic N) is 2. The highest BCUT2D eigenvalue weighted by atomic mass is 35.5. The van der Waals surface area contributed by atoms with Crippen molar-refractivity contribution in [2.24, 2.45) is 4.36 Å². The second-order valence-corrected chi connectivity index (χ2v) is 12.3. The number of hydrogen-bond acceptors (Lipinski definition) is 5. The molecule has 5 rings (SSSR count). The highest BCUT2D eigenvalue weighted by molar-refractivity contribution is 7.91. The van der Waals surface area contributed by atoms with Crippen LogP contribution in [0.25, 0.3) is 21.8 Å². The van der Waals surface area contributed by atoms with Crippen molar-refractivity contribution in [3.63, 3.8) is 0 Å². The van der Waals surface area contributed by atoms with Crippen LogP contribution < -0.4 is 9.46 Å². The lowest BCUT2D eigenvalue weighted by atomic mass is 10.1. The average Bonchev–Trinajstić information content (AvgIpc) is 3.11. The molecule has 1 aliphatic rings. The van der Waals surface area contributed by atoms with Crippen LogP contribution in [-0.4, -0.2) is 46.1 Å². The van der Waals surface area contributed by atoms with E-state index < -0.39 is 34.2 Å². The number of rotatable bonds is 7. The lowest BCUT2D eigenvalue weighted by Crippen LogP contribution is -2.36. The van der Waals surface area contributed by atoms with Crippen LogP contribution in [0.15, 0.2) is 81.7 Å². The van der Waals surface area contributed by atoms with Crippen molar-refractivity contribution in [2.45, 2.75) is 36.7 Å². The topological polar surface area (TPSA) is 85.1 Å². The summed E-state index contributed by atoms with van der Waals surface area (Å²) < 4.78 is 71.1. The quantitative estimate of drug-likeness (QED) is 0.226. The van der Waals surface area contributed by atoms with Gasteiger partial charge in [-0.25, -0.2) is 8.57 Å². The molecular formula is C28H26Cl2F3N3O4S. The van der Waals surface area contributed by atoms with Gasteiger partial charge in [0.05, 0.1) is 36.4 Å². The van der Waals surface area contributed by atoms with Crippen LogP contribution in [0.1, 0.15) is 19.4 Å². The molecule has 0 bridgehead atoms. The molecule has 7 nitrogen and oxygen atoms in total. The number of nitrogens with one attached hydrogen (secondary N) is 1. The fraction of sp³-hybridized carbons (Fsp3) is 0.286. The zero-order valence-electron chi connectivity index (χ0n) is 21.7. The molecule has 2 N–H and O–H groups in total. The summed E-state index contributed by atoms with van der Waals surface area (Å²) >= 11 is 12.6. The molecule has 218 valence electrons. The second-order valence-electron chi connectivity index (χ2n) is 9.40. The van der Waals surface area contributed by atoms with Crippen molar-refractivity contribution >= 4 is 54.9 Å². The van der Waals surface area contributed by atoms with Crippen molar-refractivity contribution < 1.29 is 32.0 Å². The molecule has 0 saturated heterocycles. The predicted octanol–water partition coefficient (Wildman–Crippen LogP) is 7.26. The molecule has 0 saturated carbocycles. The molecule has 0 radical (unpaired) electrons. The highest BCUT2D eigenvalue weighted by Gasteiger charge is 2.33. The summed E-state index contributed by atoms with van der Waals surface area (Å²) in [6.45, 7) is 2.31. The Morgan fingerprint density at radius 1 is 1.07 bits per heavy atom. The van der Waals surface area contributed by atoms with Crippen LogP contribution in [0, 0.1) is 0 Å². The van der Waals surface area contributed by atoms with Crippen LogP contribution in [-0.2, 0) is 14.7 Å². The Bertz CT molecular complexity index is 1670. The zero-order chi connectivity index (χ0) is 29.4. The van der Waals surface area contributed by atoms with E-state index in [2.05, 4.69) is 13.8 Å². The maximum Gasteiger partial charge on any atom is 0.573 e. The lowest BCUT2D eigenvalue weighted by molar-refractivity contribution is -0.274. The summed E-state index contributed by atoms with van der Waals surface area (Å²) in [5.41, 5.74) is 1.79. The summed E-state index contributed by atoms with van der Waals surface area (Å²) in [4.78, 5) is 0.136. The second kappa shape index (κ2) is 11.7. The number of aliphatic hydroxyl groups is 1. The van der Waals surface area contributed by atoms with Gasteiger partial charge in [-0.05, 0) is 73.2 Å². The molecule has 0 amide bonds. The normalized spacial score (nSPS) is 19.4. The van der Waals surface area contributed by atoms with Gasteiger partial charge in [-0.2, -0.15) is 0 Å². The number of benzene rings is 3. The molecule has 1 unspecified atom stereocenters. The van der Waals surface area contributed by atoms with E-state index in [1.165, 1.54) is 12.1 Å². The first-order valence-corrected chi connectivity index (χ1v) is 15.0. The molecule has 41 heavy (non-hydrogen) atoms. The molecule has 0 fully saturated rings. The third-order valence-electron chi connectivity index (χ3n) is 6.58. The van der Waals surface area contributed by atoms with Gasteiger partial charge in [0, 0.05) is 31.9 Å². The maximum atomic E-state index is 14.2. The fourth-order valence-corrected chi connectivity index (χ4v) is 6.94. The zero-order valence-corrected chi connectivity index (χ0v) is 24.0. The van der Waals surface area contributed by atoms with Gasteiger partial charge < -0.3 is 19.1 Å². The fourth-order valence-electron chi connectivity index (χ4n) is 4.80. The van der Waals surface area contributed by atoms with Gasteiger partial charge in [-0.15, -0.1) is 13.2 Å². The number of aliphatic hydroxyl groups excluding tert-OH is 1. The minimum atomic E-state index is -4.86. The number of alkyl halides is 3. The minimum Gasteiger partial charge on any atom is -0.406 e. The molecule has 3 aromatic carbocycles. The van der Waals surface area contributed by atoms with Crippen molar-refractivity contribution in [2.75, 3.05) is 19.8 Å². The first-order valence-electron chi connectivity index (χ1n) is 12.7. The van der Waals surface area contributed by atoms with Crippen LogP contribution in [0.2, 0.25) is 10.0 Å². The third kappa shape index (κ3) is 6.29. The number of aromatic nitrogens is 1. The van der Waals surface area contributed by atoms with Crippen LogP contribution in [0.3, 0.4) is 0 Å². The van der Waals surface area contributed by atoms with Gasteiger partial charge in [0.2, 0.25) is 0 Å². The molecule has 13 heteroatoms. The Labute approximate surface area is 244 Å². The Morgan fingerprint density at radius 3 is 2.24 bits per heavy atom. The summed E-state index contributed by atoms with van der Waals surface area (Å²) in [6, 6.07) is 14.9. The van der Waals surface area contributed by atoms with Crippen LogP contribution in [0.5, 0.6) is 5.75 Å². The van der Waals surface area contributed by atoms with E-state index in [4.69, 9.17) is 27.9 Å². The lowest BCUT2D eigenvalue weighted by Gasteiger charge is -2.27. The number of hydrogen-bond donors (Lipinski definition) is 2. The van der Waals surface area contributed by atoms with E-state index in [1.54, 1.807) is 18.2 Å².